The van der Waals surface area contributed by atoms with Crippen LogP contribution in [-0.2, 0) is 6.42 Å². The Morgan fingerprint density at radius 3 is 2.60 bits per heavy atom. The highest BCUT2D eigenvalue weighted by Gasteiger charge is 2.00. The second kappa shape index (κ2) is 7.34. The van der Waals surface area contributed by atoms with Gasteiger partial charge < -0.3 is 10.1 Å². The number of benzene rings is 2. The van der Waals surface area contributed by atoms with Crippen molar-refractivity contribution in [3.8, 4) is 5.75 Å². The lowest BCUT2D eigenvalue weighted by molar-refractivity contribution is 0.330. The van der Waals surface area contributed by atoms with Crippen molar-refractivity contribution < 1.29 is 9.13 Å². The minimum Gasteiger partial charge on any atom is -0.491 e. The van der Waals surface area contributed by atoms with Gasteiger partial charge in [0.2, 0.25) is 0 Å². The van der Waals surface area contributed by atoms with Crippen molar-refractivity contribution in [2.24, 2.45) is 0 Å². The van der Waals surface area contributed by atoms with Crippen LogP contribution < -0.4 is 10.1 Å². The molecule has 2 nitrogen and oxygen atoms in total. The summed E-state index contributed by atoms with van der Waals surface area (Å²) in [5.74, 6) is 0.651. The van der Waals surface area contributed by atoms with Gasteiger partial charge in [0.25, 0.3) is 0 Å². The highest BCUT2D eigenvalue weighted by Crippen LogP contribution is 2.18. The predicted molar refractivity (Wildman–Crippen MR) is 80.7 cm³/mol. The molecule has 20 heavy (non-hydrogen) atoms. The number of hydrogen-bond donors (Lipinski definition) is 1. The highest BCUT2D eigenvalue weighted by atomic mass is 19.1. The Balaban J connectivity index is 1.81. The number of nitrogens with one attached hydrogen (secondary N) is 1. The molecular weight excluding hydrogens is 253 g/mol. The summed E-state index contributed by atoms with van der Waals surface area (Å²) in [4.78, 5) is 0. The first-order valence-corrected chi connectivity index (χ1v) is 6.60. The monoisotopic (exact) mass is 271 g/mol. The van der Waals surface area contributed by atoms with Crippen LogP contribution in [0.2, 0.25) is 0 Å². The lowest BCUT2D eigenvalue weighted by Crippen LogP contribution is -2.12. The number of rotatable bonds is 7. The van der Waals surface area contributed by atoms with Gasteiger partial charge in [-0.15, -0.1) is 6.58 Å². The van der Waals surface area contributed by atoms with Crippen molar-refractivity contribution in [2.75, 3.05) is 18.5 Å². The molecule has 0 saturated heterocycles. The van der Waals surface area contributed by atoms with E-state index in [1.165, 1.54) is 12.1 Å². The molecule has 2 aromatic rings. The lowest BCUT2D eigenvalue weighted by atomic mass is 10.1. The average molecular weight is 271 g/mol. The SMILES string of the molecule is C=CCc1ccccc1OCCNc1ccc(F)cc1. The Bertz CT molecular complexity index is 551. The standard InChI is InChI=1S/C17H18FNO/c1-2-5-14-6-3-4-7-17(14)20-13-12-19-16-10-8-15(18)9-11-16/h2-4,6-11,19H,1,5,12-13H2. The summed E-state index contributed by atoms with van der Waals surface area (Å²) in [6, 6.07) is 14.2. The van der Waals surface area contributed by atoms with Gasteiger partial charge in [-0.05, 0) is 42.3 Å². The van der Waals surface area contributed by atoms with E-state index in [4.69, 9.17) is 4.74 Å². The van der Waals surface area contributed by atoms with Gasteiger partial charge in [0.05, 0.1) is 0 Å². The van der Waals surface area contributed by atoms with Crippen molar-refractivity contribution in [2.45, 2.75) is 6.42 Å². The Kier molecular flexibility index (Phi) is 5.18. The summed E-state index contributed by atoms with van der Waals surface area (Å²) in [7, 11) is 0. The summed E-state index contributed by atoms with van der Waals surface area (Å²) < 4.78 is 18.5. The molecule has 0 aliphatic carbocycles. The number of anilines is 1. The molecule has 0 saturated carbocycles. The van der Waals surface area contributed by atoms with E-state index in [2.05, 4.69) is 11.9 Å². The first-order valence-electron chi connectivity index (χ1n) is 6.60. The molecule has 1 N–H and O–H groups in total. The van der Waals surface area contributed by atoms with Crippen LogP contribution in [0.15, 0.2) is 61.2 Å². The van der Waals surface area contributed by atoms with Crippen LogP contribution >= 0.6 is 0 Å². The molecular formula is C17H18FNO. The molecule has 0 aliphatic heterocycles. The van der Waals surface area contributed by atoms with Crippen molar-refractivity contribution in [3.63, 3.8) is 0 Å². The summed E-state index contributed by atoms with van der Waals surface area (Å²) in [6.45, 7) is 4.95. The Morgan fingerprint density at radius 1 is 1.10 bits per heavy atom. The molecule has 0 heterocycles. The molecule has 0 bridgehead atoms. The molecule has 0 spiro atoms. The maximum atomic E-state index is 12.8. The van der Waals surface area contributed by atoms with Crippen molar-refractivity contribution in [3.05, 3.63) is 72.6 Å². The first kappa shape index (κ1) is 14.1. The number of hydrogen-bond acceptors (Lipinski definition) is 2. The van der Waals surface area contributed by atoms with Crippen molar-refractivity contribution in [1.29, 1.82) is 0 Å². The molecule has 0 radical (unpaired) electrons. The molecule has 2 rings (SSSR count). The Hall–Kier alpha value is -2.29. The zero-order chi connectivity index (χ0) is 14.2. The topological polar surface area (TPSA) is 21.3 Å². The van der Waals surface area contributed by atoms with E-state index in [1.807, 2.05) is 30.3 Å². The normalized spacial score (nSPS) is 10.1. The maximum absolute atomic E-state index is 12.8. The third-order valence-corrected chi connectivity index (χ3v) is 2.87. The average Bonchev–Trinajstić information content (AvgIpc) is 2.47. The summed E-state index contributed by atoms with van der Waals surface area (Å²) in [5.41, 5.74) is 2.01. The van der Waals surface area contributed by atoms with E-state index < -0.39 is 0 Å². The van der Waals surface area contributed by atoms with Crippen LogP contribution in [0, 0.1) is 5.82 Å². The van der Waals surface area contributed by atoms with Crippen LogP contribution in [0.5, 0.6) is 5.75 Å². The zero-order valence-electron chi connectivity index (χ0n) is 11.3. The number of allylic oxidation sites excluding steroid dienone is 1. The van der Waals surface area contributed by atoms with E-state index in [1.54, 1.807) is 12.1 Å². The first-order chi connectivity index (χ1) is 9.79. The van der Waals surface area contributed by atoms with E-state index in [0.29, 0.717) is 13.2 Å². The minimum absolute atomic E-state index is 0.231. The molecule has 0 aromatic heterocycles. The van der Waals surface area contributed by atoms with Gasteiger partial charge in [-0.2, -0.15) is 0 Å². The number of para-hydroxylation sites is 1. The van der Waals surface area contributed by atoms with Gasteiger partial charge >= 0.3 is 0 Å². The van der Waals surface area contributed by atoms with Crippen LogP contribution in [0.1, 0.15) is 5.56 Å². The fraction of sp³-hybridized carbons (Fsp3) is 0.176. The Morgan fingerprint density at radius 2 is 1.85 bits per heavy atom. The summed E-state index contributed by atoms with van der Waals surface area (Å²) in [6.07, 6.45) is 2.65. The third kappa shape index (κ3) is 4.12. The van der Waals surface area contributed by atoms with Crippen LogP contribution in [-0.4, -0.2) is 13.2 Å². The molecule has 3 heteroatoms. The van der Waals surface area contributed by atoms with E-state index in [9.17, 15) is 4.39 Å². The Labute approximate surface area is 118 Å². The van der Waals surface area contributed by atoms with Crippen LogP contribution in [0.4, 0.5) is 10.1 Å². The molecule has 104 valence electrons. The van der Waals surface area contributed by atoms with Gasteiger partial charge in [0, 0.05) is 12.2 Å². The third-order valence-electron chi connectivity index (χ3n) is 2.87. The maximum Gasteiger partial charge on any atom is 0.123 e. The van der Waals surface area contributed by atoms with Crippen molar-refractivity contribution >= 4 is 5.69 Å². The largest absolute Gasteiger partial charge is 0.491 e. The van der Waals surface area contributed by atoms with E-state index >= 15 is 0 Å². The quantitative estimate of drug-likeness (QED) is 0.606. The molecule has 0 unspecified atom stereocenters. The van der Waals surface area contributed by atoms with Gasteiger partial charge in [0.15, 0.2) is 0 Å². The molecule has 0 aliphatic rings. The molecule has 0 atom stereocenters. The minimum atomic E-state index is -0.231. The van der Waals surface area contributed by atoms with Gasteiger partial charge in [0.1, 0.15) is 18.2 Å². The molecule has 0 fully saturated rings. The van der Waals surface area contributed by atoms with E-state index in [-0.39, 0.29) is 5.82 Å². The second-order valence-corrected chi connectivity index (χ2v) is 4.38. The fourth-order valence-corrected chi connectivity index (χ4v) is 1.89. The zero-order valence-corrected chi connectivity index (χ0v) is 11.3. The lowest BCUT2D eigenvalue weighted by Gasteiger charge is -2.11. The summed E-state index contributed by atoms with van der Waals surface area (Å²) >= 11 is 0. The fourth-order valence-electron chi connectivity index (χ4n) is 1.89. The van der Waals surface area contributed by atoms with Gasteiger partial charge in [-0.1, -0.05) is 24.3 Å². The highest BCUT2D eigenvalue weighted by molar-refractivity contribution is 5.42. The van der Waals surface area contributed by atoms with Crippen LogP contribution in [0.25, 0.3) is 0 Å². The smallest absolute Gasteiger partial charge is 0.123 e. The summed E-state index contributed by atoms with van der Waals surface area (Å²) in [5, 5.41) is 3.18. The second-order valence-electron chi connectivity index (χ2n) is 4.38. The number of halogens is 1. The van der Waals surface area contributed by atoms with Crippen molar-refractivity contribution in [1.82, 2.24) is 0 Å². The van der Waals surface area contributed by atoms with Crippen LogP contribution in [0.3, 0.4) is 0 Å². The number of ether oxygens (including phenoxy) is 1. The molecule has 2 aromatic carbocycles. The molecule has 0 amide bonds. The van der Waals surface area contributed by atoms with Gasteiger partial charge in [-0.3, -0.25) is 0 Å². The van der Waals surface area contributed by atoms with Gasteiger partial charge in [-0.25, -0.2) is 4.39 Å². The predicted octanol–water partition coefficient (Wildman–Crippen LogP) is 4.05. The van der Waals surface area contributed by atoms with E-state index in [0.717, 1.165) is 23.4 Å².